The van der Waals surface area contributed by atoms with E-state index in [2.05, 4.69) is 14.9 Å². The van der Waals surface area contributed by atoms with Crippen LogP contribution in [0, 0.1) is 13.8 Å². The van der Waals surface area contributed by atoms with Gasteiger partial charge in [0.2, 0.25) is 15.9 Å². The van der Waals surface area contributed by atoms with E-state index in [9.17, 15) is 21.6 Å². The Morgan fingerprint density at radius 3 is 2.48 bits per heavy atom. The standard InChI is InChI=1S/C19H29N3O5S2/c1-14-5-6-16(11-15(14)2)29(26,27)20-8-7-19(23)21-17-12-28(24,25)13-18(17)22-9-3-4-10-22/h5-6,11,17-18,20H,3-4,7-10,12-13H2,1-2H3,(H,21,23). The molecule has 0 spiro atoms. The molecule has 0 aromatic heterocycles. The van der Waals surface area contributed by atoms with Crippen LogP contribution in [0.1, 0.15) is 30.4 Å². The van der Waals surface area contributed by atoms with Gasteiger partial charge in [-0.1, -0.05) is 6.07 Å². The summed E-state index contributed by atoms with van der Waals surface area (Å²) in [6, 6.07) is 4.24. The molecule has 0 radical (unpaired) electrons. The molecule has 2 heterocycles. The number of nitrogens with zero attached hydrogens (tertiary/aromatic N) is 1. The van der Waals surface area contributed by atoms with Crippen LogP contribution in [0.5, 0.6) is 0 Å². The number of benzene rings is 1. The molecule has 0 aliphatic carbocycles. The molecule has 10 heteroatoms. The van der Waals surface area contributed by atoms with Gasteiger partial charge >= 0.3 is 0 Å². The summed E-state index contributed by atoms with van der Waals surface area (Å²) in [5.41, 5.74) is 1.88. The highest BCUT2D eigenvalue weighted by Gasteiger charge is 2.42. The number of hydrogen-bond acceptors (Lipinski definition) is 6. The van der Waals surface area contributed by atoms with E-state index in [0.29, 0.717) is 0 Å². The summed E-state index contributed by atoms with van der Waals surface area (Å²) in [7, 11) is -6.88. The van der Waals surface area contributed by atoms with Gasteiger partial charge in [0.25, 0.3) is 0 Å². The van der Waals surface area contributed by atoms with E-state index in [0.717, 1.165) is 37.1 Å². The molecule has 2 N–H and O–H groups in total. The van der Waals surface area contributed by atoms with E-state index < -0.39 is 25.9 Å². The molecule has 2 aliphatic heterocycles. The average Bonchev–Trinajstić information content (AvgIpc) is 3.24. The Kier molecular flexibility index (Phi) is 6.67. The van der Waals surface area contributed by atoms with Crippen molar-refractivity contribution >= 4 is 25.8 Å². The highest BCUT2D eigenvalue weighted by molar-refractivity contribution is 7.91. The fourth-order valence-electron chi connectivity index (χ4n) is 3.94. The minimum absolute atomic E-state index is 0.0467. The molecule has 2 saturated heterocycles. The van der Waals surface area contributed by atoms with E-state index in [1.165, 1.54) is 6.07 Å². The topological polar surface area (TPSA) is 113 Å². The van der Waals surface area contributed by atoms with Crippen LogP contribution in [0.3, 0.4) is 0 Å². The van der Waals surface area contributed by atoms with Crippen molar-refractivity contribution in [3.63, 3.8) is 0 Å². The second kappa shape index (κ2) is 8.71. The van der Waals surface area contributed by atoms with Gasteiger partial charge in [-0.15, -0.1) is 0 Å². The van der Waals surface area contributed by atoms with Gasteiger partial charge in [0.15, 0.2) is 9.84 Å². The summed E-state index contributed by atoms with van der Waals surface area (Å²) in [6.45, 7) is 5.40. The first-order chi connectivity index (χ1) is 13.6. The van der Waals surface area contributed by atoms with Crippen LogP contribution in [-0.2, 0) is 24.7 Å². The lowest BCUT2D eigenvalue weighted by atomic mass is 10.1. The number of hydrogen-bond donors (Lipinski definition) is 2. The van der Waals surface area contributed by atoms with Gasteiger partial charge in [0, 0.05) is 19.0 Å². The third-order valence-corrected chi connectivity index (χ3v) is 8.89. The molecule has 1 amide bonds. The molecule has 2 fully saturated rings. The van der Waals surface area contributed by atoms with Gasteiger partial charge in [-0.25, -0.2) is 21.6 Å². The summed E-state index contributed by atoms with van der Waals surface area (Å²) >= 11 is 0. The van der Waals surface area contributed by atoms with Gasteiger partial charge in [0.05, 0.1) is 22.4 Å². The molecule has 162 valence electrons. The maximum atomic E-state index is 12.4. The molecule has 29 heavy (non-hydrogen) atoms. The van der Waals surface area contributed by atoms with Crippen molar-refractivity contribution < 1.29 is 21.6 Å². The third-order valence-electron chi connectivity index (χ3n) is 5.71. The zero-order valence-corrected chi connectivity index (χ0v) is 18.5. The Morgan fingerprint density at radius 2 is 1.83 bits per heavy atom. The summed E-state index contributed by atoms with van der Waals surface area (Å²) in [5.74, 6) is -0.342. The van der Waals surface area contributed by atoms with Crippen molar-refractivity contribution in [2.45, 2.75) is 50.1 Å². The zero-order valence-electron chi connectivity index (χ0n) is 16.8. The molecule has 2 atom stereocenters. The maximum absolute atomic E-state index is 12.4. The quantitative estimate of drug-likeness (QED) is 0.629. The van der Waals surface area contributed by atoms with Gasteiger partial charge in [-0.05, 0) is 63.0 Å². The maximum Gasteiger partial charge on any atom is 0.240 e. The number of rotatable bonds is 7. The molecule has 1 aromatic carbocycles. The van der Waals surface area contributed by atoms with Gasteiger partial charge in [-0.2, -0.15) is 0 Å². The first-order valence-corrected chi connectivity index (χ1v) is 13.2. The average molecular weight is 444 g/mol. The van der Waals surface area contributed by atoms with Crippen molar-refractivity contribution in [3.8, 4) is 0 Å². The Bertz CT molecular complexity index is 970. The Morgan fingerprint density at radius 1 is 1.14 bits per heavy atom. The molecule has 2 aliphatic rings. The number of nitrogens with one attached hydrogen (secondary N) is 2. The fourth-order valence-corrected chi connectivity index (χ4v) is 7.01. The van der Waals surface area contributed by atoms with Crippen LogP contribution < -0.4 is 10.0 Å². The predicted octanol–water partition coefficient (Wildman–Crippen LogP) is 0.349. The molecule has 0 saturated carbocycles. The summed E-state index contributed by atoms with van der Waals surface area (Å²) in [4.78, 5) is 14.6. The molecular formula is C19H29N3O5S2. The number of carbonyl (C=O) groups excluding carboxylic acids is 1. The van der Waals surface area contributed by atoms with Gasteiger partial charge < -0.3 is 5.32 Å². The minimum atomic E-state index is -3.70. The van der Waals surface area contributed by atoms with Crippen molar-refractivity contribution in [1.29, 1.82) is 0 Å². The van der Waals surface area contributed by atoms with Crippen LogP contribution in [0.4, 0.5) is 0 Å². The van der Waals surface area contributed by atoms with E-state index in [4.69, 9.17) is 0 Å². The Hall–Kier alpha value is -1.49. The van der Waals surface area contributed by atoms with E-state index in [1.807, 2.05) is 13.8 Å². The zero-order chi connectivity index (χ0) is 21.2. The number of likely N-dealkylation sites (tertiary alicyclic amines) is 1. The van der Waals surface area contributed by atoms with Crippen LogP contribution in [0.2, 0.25) is 0 Å². The highest BCUT2D eigenvalue weighted by Crippen LogP contribution is 2.22. The van der Waals surface area contributed by atoms with E-state index in [-0.39, 0.29) is 41.3 Å². The number of amides is 1. The molecule has 3 rings (SSSR count). The molecule has 2 unspecified atom stereocenters. The van der Waals surface area contributed by atoms with Crippen LogP contribution in [0.15, 0.2) is 23.1 Å². The monoisotopic (exact) mass is 443 g/mol. The van der Waals surface area contributed by atoms with Crippen LogP contribution in [0.25, 0.3) is 0 Å². The highest BCUT2D eigenvalue weighted by atomic mass is 32.2. The molecular weight excluding hydrogens is 414 g/mol. The first kappa shape index (κ1) is 22.2. The van der Waals surface area contributed by atoms with Crippen molar-refractivity contribution in [2.24, 2.45) is 0 Å². The van der Waals surface area contributed by atoms with Crippen molar-refractivity contribution in [3.05, 3.63) is 29.3 Å². The van der Waals surface area contributed by atoms with Crippen molar-refractivity contribution in [1.82, 2.24) is 14.9 Å². The lowest BCUT2D eigenvalue weighted by Crippen LogP contribution is -2.50. The Balaban J connectivity index is 1.54. The minimum Gasteiger partial charge on any atom is -0.351 e. The number of aryl methyl sites for hydroxylation is 2. The fraction of sp³-hybridized carbons (Fsp3) is 0.632. The number of carbonyl (C=O) groups is 1. The molecule has 8 nitrogen and oxygen atoms in total. The second-order valence-electron chi connectivity index (χ2n) is 7.96. The smallest absolute Gasteiger partial charge is 0.240 e. The Labute approximate surface area is 173 Å². The number of sulfone groups is 1. The SMILES string of the molecule is Cc1ccc(S(=O)(=O)NCCC(=O)NC2CS(=O)(=O)CC2N2CCCC2)cc1C. The number of sulfonamides is 1. The largest absolute Gasteiger partial charge is 0.351 e. The third kappa shape index (κ3) is 5.56. The first-order valence-electron chi connectivity index (χ1n) is 9.88. The predicted molar refractivity (Wildman–Crippen MR) is 111 cm³/mol. The molecule has 0 bridgehead atoms. The lowest BCUT2D eigenvalue weighted by Gasteiger charge is -2.28. The summed E-state index contributed by atoms with van der Waals surface area (Å²) in [5, 5.41) is 2.81. The van der Waals surface area contributed by atoms with E-state index >= 15 is 0 Å². The lowest BCUT2D eigenvalue weighted by molar-refractivity contribution is -0.121. The van der Waals surface area contributed by atoms with Crippen LogP contribution in [-0.4, -0.2) is 70.9 Å². The van der Waals surface area contributed by atoms with Crippen LogP contribution >= 0.6 is 0 Å². The second-order valence-corrected chi connectivity index (χ2v) is 11.9. The summed E-state index contributed by atoms with van der Waals surface area (Å²) < 4.78 is 51.4. The summed E-state index contributed by atoms with van der Waals surface area (Å²) in [6.07, 6.45) is 2.03. The van der Waals surface area contributed by atoms with Crippen molar-refractivity contribution in [2.75, 3.05) is 31.1 Å². The van der Waals surface area contributed by atoms with Gasteiger partial charge in [0.1, 0.15) is 0 Å². The molecule has 1 aromatic rings. The van der Waals surface area contributed by atoms with E-state index in [1.54, 1.807) is 12.1 Å². The van der Waals surface area contributed by atoms with Gasteiger partial charge in [-0.3, -0.25) is 9.69 Å². The normalized spacial score (nSPS) is 24.6.